The van der Waals surface area contributed by atoms with Crippen LogP contribution in [0.5, 0.6) is 11.5 Å². The molecular formula is C20H17Cl2NO4S. The highest BCUT2D eigenvalue weighted by Crippen LogP contribution is 2.35. The van der Waals surface area contributed by atoms with Crippen LogP contribution in [-0.2, 0) is 22.6 Å². The van der Waals surface area contributed by atoms with E-state index in [1.54, 1.807) is 38.5 Å². The first-order valence-electron chi connectivity index (χ1n) is 8.26. The average molecular weight is 438 g/mol. The van der Waals surface area contributed by atoms with Gasteiger partial charge in [-0.25, -0.2) is 4.98 Å². The summed E-state index contributed by atoms with van der Waals surface area (Å²) in [6, 6.07) is 10.5. The summed E-state index contributed by atoms with van der Waals surface area (Å²) in [6.07, 6.45) is 0.0687. The Labute approximate surface area is 176 Å². The Morgan fingerprint density at radius 1 is 1.11 bits per heavy atom. The molecule has 0 atom stereocenters. The topological polar surface area (TPSA) is 57.7 Å². The van der Waals surface area contributed by atoms with Crippen LogP contribution in [0.25, 0.3) is 10.6 Å². The van der Waals surface area contributed by atoms with Crippen molar-refractivity contribution in [3.8, 4) is 22.1 Å². The fraction of sp³-hybridized carbons (Fsp3) is 0.200. The zero-order valence-corrected chi connectivity index (χ0v) is 17.5. The molecule has 0 aliphatic heterocycles. The van der Waals surface area contributed by atoms with Crippen molar-refractivity contribution in [3.05, 3.63) is 63.1 Å². The van der Waals surface area contributed by atoms with E-state index in [9.17, 15) is 4.79 Å². The predicted molar refractivity (Wildman–Crippen MR) is 111 cm³/mol. The van der Waals surface area contributed by atoms with E-state index in [0.717, 1.165) is 10.6 Å². The minimum absolute atomic E-state index is 0.0687. The minimum Gasteiger partial charge on any atom is -0.497 e. The van der Waals surface area contributed by atoms with Crippen LogP contribution in [0, 0.1) is 0 Å². The van der Waals surface area contributed by atoms with Crippen molar-refractivity contribution in [2.75, 3.05) is 14.2 Å². The molecule has 1 aromatic heterocycles. The number of carbonyl (C=O) groups is 1. The van der Waals surface area contributed by atoms with Gasteiger partial charge in [0.25, 0.3) is 0 Å². The molecule has 0 radical (unpaired) electrons. The zero-order valence-electron chi connectivity index (χ0n) is 15.2. The Bertz CT molecular complexity index is 990. The molecule has 0 aliphatic carbocycles. The lowest BCUT2D eigenvalue weighted by Crippen LogP contribution is -2.08. The van der Waals surface area contributed by atoms with Crippen LogP contribution >= 0.6 is 34.5 Å². The van der Waals surface area contributed by atoms with Gasteiger partial charge in [0.15, 0.2) is 0 Å². The van der Waals surface area contributed by atoms with Crippen molar-refractivity contribution in [2.45, 2.75) is 13.0 Å². The van der Waals surface area contributed by atoms with Crippen LogP contribution in [0.4, 0.5) is 0 Å². The molecule has 0 N–H and O–H groups in total. The van der Waals surface area contributed by atoms with E-state index in [-0.39, 0.29) is 19.0 Å². The third-order valence-electron chi connectivity index (χ3n) is 3.92. The maximum Gasteiger partial charge on any atom is 0.310 e. The smallest absolute Gasteiger partial charge is 0.310 e. The summed E-state index contributed by atoms with van der Waals surface area (Å²) >= 11 is 13.4. The van der Waals surface area contributed by atoms with Crippen molar-refractivity contribution in [1.29, 1.82) is 0 Å². The summed E-state index contributed by atoms with van der Waals surface area (Å²) < 4.78 is 15.9. The molecule has 3 rings (SSSR count). The molecule has 28 heavy (non-hydrogen) atoms. The number of hydrogen-bond acceptors (Lipinski definition) is 6. The first-order chi connectivity index (χ1) is 13.5. The number of aromatic nitrogens is 1. The molecule has 5 nitrogen and oxygen atoms in total. The Morgan fingerprint density at radius 3 is 2.64 bits per heavy atom. The number of thiazole rings is 1. The standard InChI is InChI=1S/C20H17Cl2NO4S/c1-25-15-5-6-16(18(9-15)26-2)20-23-14(11-28-20)10-27-19(24)7-12-3-4-13(21)8-17(12)22/h3-6,8-9,11H,7,10H2,1-2H3. The molecule has 8 heteroatoms. The van der Waals surface area contributed by atoms with Crippen LogP contribution in [0.2, 0.25) is 10.0 Å². The molecule has 1 heterocycles. The molecule has 0 saturated carbocycles. The maximum atomic E-state index is 12.1. The summed E-state index contributed by atoms with van der Waals surface area (Å²) in [5, 5.41) is 3.58. The number of nitrogens with zero attached hydrogens (tertiary/aromatic N) is 1. The van der Waals surface area contributed by atoms with Crippen LogP contribution < -0.4 is 9.47 Å². The maximum absolute atomic E-state index is 12.1. The van der Waals surface area contributed by atoms with Gasteiger partial charge in [-0.15, -0.1) is 11.3 Å². The molecule has 3 aromatic rings. The molecule has 0 saturated heterocycles. The number of carbonyl (C=O) groups excluding carboxylic acids is 1. The number of rotatable bonds is 7. The van der Waals surface area contributed by atoms with Gasteiger partial charge < -0.3 is 14.2 Å². The summed E-state index contributed by atoms with van der Waals surface area (Å²) in [5.74, 6) is 0.975. The predicted octanol–water partition coefficient (Wildman–Crippen LogP) is 5.42. The third kappa shape index (κ3) is 4.95. The van der Waals surface area contributed by atoms with Crippen LogP contribution in [0.1, 0.15) is 11.3 Å². The molecule has 0 amide bonds. The molecule has 0 aliphatic rings. The number of esters is 1. The van der Waals surface area contributed by atoms with Crippen LogP contribution in [0.3, 0.4) is 0 Å². The van der Waals surface area contributed by atoms with Crippen molar-refractivity contribution in [2.24, 2.45) is 0 Å². The number of halogens is 2. The first-order valence-corrected chi connectivity index (χ1v) is 9.90. The molecule has 2 aromatic carbocycles. The third-order valence-corrected chi connectivity index (χ3v) is 5.43. The van der Waals surface area contributed by atoms with E-state index in [1.165, 1.54) is 11.3 Å². The zero-order chi connectivity index (χ0) is 20.1. The highest BCUT2D eigenvalue weighted by atomic mass is 35.5. The van der Waals surface area contributed by atoms with Crippen molar-refractivity contribution >= 4 is 40.5 Å². The Morgan fingerprint density at radius 2 is 1.93 bits per heavy atom. The van der Waals surface area contributed by atoms with E-state index in [0.29, 0.717) is 32.8 Å². The molecule has 0 spiro atoms. The lowest BCUT2D eigenvalue weighted by Gasteiger charge is -2.08. The fourth-order valence-corrected chi connectivity index (χ4v) is 3.81. The average Bonchev–Trinajstić information content (AvgIpc) is 3.17. The van der Waals surface area contributed by atoms with E-state index >= 15 is 0 Å². The van der Waals surface area contributed by atoms with E-state index < -0.39 is 0 Å². The Balaban J connectivity index is 1.64. The van der Waals surface area contributed by atoms with Crippen molar-refractivity contribution in [1.82, 2.24) is 4.98 Å². The highest BCUT2D eigenvalue weighted by Gasteiger charge is 2.14. The number of hydrogen-bond donors (Lipinski definition) is 0. The molecular weight excluding hydrogens is 421 g/mol. The highest BCUT2D eigenvalue weighted by molar-refractivity contribution is 7.13. The first kappa shape index (κ1) is 20.5. The lowest BCUT2D eigenvalue weighted by molar-refractivity contribution is -0.144. The van der Waals surface area contributed by atoms with Gasteiger partial charge in [-0.2, -0.15) is 0 Å². The van der Waals surface area contributed by atoms with Gasteiger partial charge in [0.2, 0.25) is 0 Å². The largest absolute Gasteiger partial charge is 0.497 e. The lowest BCUT2D eigenvalue weighted by atomic mass is 10.1. The van der Waals surface area contributed by atoms with Crippen LogP contribution in [0.15, 0.2) is 41.8 Å². The minimum atomic E-state index is -0.388. The number of ether oxygens (including phenoxy) is 3. The fourth-order valence-electron chi connectivity index (χ4n) is 2.50. The quantitative estimate of drug-likeness (QED) is 0.461. The van der Waals surface area contributed by atoms with Gasteiger partial charge in [0.05, 0.1) is 31.9 Å². The summed E-state index contributed by atoms with van der Waals surface area (Å²) in [6.45, 7) is 0.0824. The van der Waals surface area contributed by atoms with Gasteiger partial charge in [-0.3, -0.25) is 4.79 Å². The Kier molecular flexibility index (Phi) is 6.78. The van der Waals surface area contributed by atoms with Gasteiger partial charge in [-0.1, -0.05) is 29.3 Å². The number of benzene rings is 2. The second-order valence-corrected chi connectivity index (χ2v) is 7.49. The van der Waals surface area contributed by atoms with E-state index in [4.69, 9.17) is 37.4 Å². The van der Waals surface area contributed by atoms with E-state index in [1.807, 2.05) is 17.5 Å². The second kappa shape index (κ2) is 9.28. The summed E-state index contributed by atoms with van der Waals surface area (Å²) in [5.41, 5.74) is 2.17. The van der Waals surface area contributed by atoms with Gasteiger partial charge in [0.1, 0.15) is 23.1 Å². The van der Waals surface area contributed by atoms with Gasteiger partial charge >= 0.3 is 5.97 Å². The monoisotopic (exact) mass is 437 g/mol. The van der Waals surface area contributed by atoms with Gasteiger partial charge in [0, 0.05) is 21.5 Å². The summed E-state index contributed by atoms with van der Waals surface area (Å²) in [4.78, 5) is 16.6. The Hall–Kier alpha value is -2.28. The molecule has 0 fully saturated rings. The van der Waals surface area contributed by atoms with E-state index in [2.05, 4.69) is 4.98 Å². The molecule has 0 unspecified atom stereocenters. The summed E-state index contributed by atoms with van der Waals surface area (Å²) in [7, 11) is 3.19. The second-order valence-electron chi connectivity index (χ2n) is 5.78. The van der Waals surface area contributed by atoms with Crippen molar-refractivity contribution in [3.63, 3.8) is 0 Å². The molecule has 146 valence electrons. The van der Waals surface area contributed by atoms with Gasteiger partial charge in [-0.05, 0) is 29.8 Å². The van der Waals surface area contributed by atoms with Crippen LogP contribution in [-0.4, -0.2) is 25.2 Å². The SMILES string of the molecule is COc1ccc(-c2nc(COC(=O)Cc3ccc(Cl)cc3Cl)cs2)c(OC)c1. The normalized spacial score (nSPS) is 10.6. The number of methoxy groups -OCH3 is 2. The molecule has 0 bridgehead atoms. The van der Waals surface area contributed by atoms with Crippen molar-refractivity contribution < 1.29 is 19.0 Å².